The lowest BCUT2D eigenvalue weighted by Crippen LogP contribution is -2.17. The van der Waals surface area contributed by atoms with Crippen molar-refractivity contribution >= 4 is 22.8 Å². The van der Waals surface area contributed by atoms with Crippen LogP contribution in [0.4, 0.5) is 11.5 Å². The molecule has 0 aliphatic heterocycles. The molecule has 5 nitrogen and oxygen atoms in total. The van der Waals surface area contributed by atoms with Gasteiger partial charge in [0.1, 0.15) is 5.69 Å². The third kappa shape index (κ3) is 2.38. The maximum atomic E-state index is 11.4. The first-order chi connectivity index (χ1) is 8.49. The number of nitrogens with one attached hydrogen (secondary N) is 2. The minimum atomic E-state index is -0.321. The molecular formula is C12H16N4OS. The summed E-state index contributed by atoms with van der Waals surface area (Å²) >= 11 is 1.76. The number of nitrogens with zero attached hydrogens (tertiary/aromatic N) is 1. The number of nitrogen functional groups attached to an aromatic ring is 1. The molecule has 18 heavy (non-hydrogen) atoms. The number of nitrogens with two attached hydrogens (primary N) is 1. The van der Waals surface area contributed by atoms with Crippen molar-refractivity contribution in [2.75, 3.05) is 11.1 Å². The summed E-state index contributed by atoms with van der Waals surface area (Å²) in [6, 6.07) is 2.20. The average Bonchev–Trinajstić information content (AvgIpc) is 2.64. The Morgan fingerprint density at radius 1 is 1.50 bits per heavy atom. The molecule has 0 aliphatic carbocycles. The van der Waals surface area contributed by atoms with Crippen LogP contribution in [0.5, 0.6) is 0 Å². The molecule has 0 fully saturated rings. The number of aromatic amines is 1. The van der Waals surface area contributed by atoms with Crippen LogP contribution in [0, 0.1) is 13.8 Å². The third-order valence-corrected chi connectivity index (χ3v) is 3.77. The van der Waals surface area contributed by atoms with Gasteiger partial charge in [0.25, 0.3) is 5.56 Å². The highest BCUT2D eigenvalue weighted by atomic mass is 32.1. The van der Waals surface area contributed by atoms with E-state index >= 15 is 0 Å². The van der Waals surface area contributed by atoms with Gasteiger partial charge in [-0.15, -0.1) is 11.3 Å². The fourth-order valence-electron chi connectivity index (χ4n) is 1.89. The number of aryl methyl sites for hydroxylation is 2. The van der Waals surface area contributed by atoms with E-state index in [1.807, 2.05) is 6.92 Å². The van der Waals surface area contributed by atoms with Gasteiger partial charge in [-0.05, 0) is 32.4 Å². The van der Waals surface area contributed by atoms with Gasteiger partial charge < -0.3 is 16.0 Å². The fourth-order valence-corrected chi connectivity index (χ4v) is 2.91. The lowest BCUT2D eigenvalue weighted by molar-refractivity contribution is 0.869. The molecule has 2 rings (SSSR count). The quantitative estimate of drug-likeness (QED) is 0.793. The minimum Gasteiger partial charge on any atom is -0.391 e. The summed E-state index contributed by atoms with van der Waals surface area (Å²) in [6.45, 7) is 6.18. The molecule has 4 N–H and O–H groups in total. The monoisotopic (exact) mass is 264 g/mol. The second-order valence-electron chi connectivity index (χ2n) is 4.23. The van der Waals surface area contributed by atoms with E-state index in [1.165, 1.54) is 21.6 Å². The topological polar surface area (TPSA) is 83.8 Å². The lowest BCUT2D eigenvalue weighted by Gasteiger charge is -2.15. The van der Waals surface area contributed by atoms with E-state index in [4.69, 9.17) is 5.73 Å². The molecule has 0 aliphatic rings. The predicted molar refractivity (Wildman–Crippen MR) is 75.1 cm³/mol. The Labute approximate surface area is 109 Å². The molecule has 2 aromatic rings. The smallest absolute Gasteiger partial charge is 0.276 e. The van der Waals surface area contributed by atoms with Crippen LogP contribution in [-0.4, -0.2) is 9.97 Å². The Hall–Kier alpha value is -1.82. The molecule has 6 heteroatoms. The highest BCUT2D eigenvalue weighted by Crippen LogP contribution is 2.28. The highest BCUT2D eigenvalue weighted by Gasteiger charge is 2.13. The van der Waals surface area contributed by atoms with Gasteiger partial charge in [-0.1, -0.05) is 0 Å². The number of H-pyrrole nitrogens is 1. The molecule has 1 atom stereocenters. The van der Waals surface area contributed by atoms with Crippen LogP contribution in [0.3, 0.4) is 0 Å². The summed E-state index contributed by atoms with van der Waals surface area (Å²) in [4.78, 5) is 20.4. The maximum absolute atomic E-state index is 11.4. The SMILES string of the molecule is Cc1cc(C(C)Nc2nc[nH]c(=O)c2N)c(C)s1. The minimum absolute atomic E-state index is 0.0616. The second-order valence-corrected chi connectivity index (χ2v) is 5.69. The molecular weight excluding hydrogens is 248 g/mol. The Bertz CT molecular complexity index is 617. The second kappa shape index (κ2) is 4.81. The van der Waals surface area contributed by atoms with Gasteiger partial charge in [0.05, 0.1) is 12.4 Å². The van der Waals surface area contributed by atoms with E-state index in [2.05, 4.69) is 35.2 Å². The standard InChI is InChI=1S/C12H16N4OS/c1-6-4-9(8(3)18-6)7(2)16-11-10(13)12(17)15-5-14-11/h4-5,7H,13H2,1-3H3,(H2,14,15,16,17). The molecule has 2 heterocycles. The first kappa shape index (κ1) is 12.6. The zero-order valence-corrected chi connectivity index (χ0v) is 11.4. The van der Waals surface area contributed by atoms with Crippen LogP contribution in [-0.2, 0) is 0 Å². The molecule has 0 saturated carbocycles. The normalized spacial score (nSPS) is 12.4. The molecule has 0 bridgehead atoms. The average molecular weight is 264 g/mol. The Kier molecular flexibility index (Phi) is 3.38. The molecule has 0 radical (unpaired) electrons. The molecule has 0 saturated heterocycles. The van der Waals surface area contributed by atoms with Crippen molar-refractivity contribution in [2.45, 2.75) is 26.8 Å². The Morgan fingerprint density at radius 3 is 2.83 bits per heavy atom. The van der Waals surface area contributed by atoms with Crippen LogP contribution >= 0.6 is 11.3 Å². The zero-order valence-electron chi connectivity index (χ0n) is 10.6. The van der Waals surface area contributed by atoms with Gasteiger partial charge in [-0.3, -0.25) is 4.79 Å². The summed E-state index contributed by atoms with van der Waals surface area (Å²) < 4.78 is 0. The summed E-state index contributed by atoms with van der Waals surface area (Å²) in [5.41, 5.74) is 6.69. The van der Waals surface area contributed by atoms with Crippen molar-refractivity contribution in [3.05, 3.63) is 38.1 Å². The Balaban J connectivity index is 2.26. The third-order valence-electron chi connectivity index (χ3n) is 2.79. The van der Waals surface area contributed by atoms with E-state index in [0.29, 0.717) is 5.82 Å². The van der Waals surface area contributed by atoms with Crippen molar-refractivity contribution in [1.29, 1.82) is 0 Å². The summed E-state index contributed by atoms with van der Waals surface area (Å²) in [5.74, 6) is 0.425. The van der Waals surface area contributed by atoms with E-state index in [1.54, 1.807) is 11.3 Å². The van der Waals surface area contributed by atoms with E-state index in [9.17, 15) is 4.79 Å². The lowest BCUT2D eigenvalue weighted by atomic mass is 10.1. The van der Waals surface area contributed by atoms with Gasteiger partial charge in [0.15, 0.2) is 5.82 Å². The Morgan fingerprint density at radius 2 is 2.22 bits per heavy atom. The number of thiophene rings is 1. The molecule has 0 spiro atoms. The van der Waals surface area contributed by atoms with Crippen molar-refractivity contribution in [1.82, 2.24) is 9.97 Å². The van der Waals surface area contributed by atoms with Gasteiger partial charge in [0, 0.05) is 9.75 Å². The van der Waals surface area contributed by atoms with Crippen LogP contribution in [0.25, 0.3) is 0 Å². The largest absolute Gasteiger partial charge is 0.391 e. The highest BCUT2D eigenvalue weighted by molar-refractivity contribution is 7.12. The van der Waals surface area contributed by atoms with Crippen molar-refractivity contribution in [3.8, 4) is 0 Å². The van der Waals surface area contributed by atoms with E-state index in [-0.39, 0.29) is 17.3 Å². The first-order valence-electron chi connectivity index (χ1n) is 5.65. The summed E-state index contributed by atoms with van der Waals surface area (Å²) in [7, 11) is 0. The van der Waals surface area contributed by atoms with E-state index in [0.717, 1.165) is 0 Å². The number of hydrogen-bond donors (Lipinski definition) is 3. The molecule has 96 valence electrons. The fraction of sp³-hybridized carbons (Fsp3) is 0.333. The number of aromatic nitrogens is 2. The van der Waals surface area contributed by atoms with Gasteiger partial charge in [0.2, 0.25) is 0 Å². The van der Waals surface area contributed by atoms with Gasteiger partial charge in [-0.2, -0.15) is 0 Å². The van der Waals surface area contributed by atoms with Crippen LogP contribution in [0.15, 0.2) is 17.2 Å². The van der Waals surface area contributed by atoms with Crippen LogP contribution < -0.4 is 16.6 Å². The van der Waals surface area contributed by atoms with Gasteiger partial charge >= 0.3 is 0 Å². The molecule has 1 unspecified atom stereocenters. The predicted octanol–water partition coefficient (Wildman–Crippen LogP) is 2.20. The number of hydrogen-bond acceptors (Lipinski definition) is 5. The van der Waals surface area contributed by atoms with Crippen LogP contribution in [0.2, 0.25) is 0 Å². The number of rotatable bonds is 3. The van der Waals surface area contributed by atoms with Crippen molar-refractivity contribution < 1.29 is 0 Å². The van der Waals surface area contributed by atoms with Crippen LogP contribution in [0.1, 0.15) is 28.3 Å². The maximum Gasteiger partial charge on any atom is 0.276 e. The summed E-state index contributed by atoms with van der Waals surface area (Å²) in [6.07, 6.45) is 1.35. The molecule has 0 aromatic carbocycles. The van der Waals surface area contributed by atoms with Gasteiger partial charge in [-0.25, -0.2) is 4.98 Å². The summed E-state index contributed by atoms with van der Waals surface area (Å²) in [5, 5.41) is 3.17. The zero-order chi connectivity index (χ0) is 13.3. The number of anilines is 2. The van der Waals surface area contributed by atoms with E-state index < -0.39 is 0 Å². The first-order valence-corrected chi connectivity index (χ1v) is 6.47. The molecule has 0 amide bonds. The van der Waals surface area contributed by atoms with Crippen molar-refractivity contribution in [3.63, 3.8) is 0 Å². The van der Waals surface area contributed by atoms with Crippen molar-refractivity contribution in [2.24, 2.45) is 0 Å². The molecule has 2 aromatic heterocycles.